The van der Waals surface area contributed by atoms with Crippen LogP contribution in [0.2, 0.25) is 0 Å². The number of aliphatic hydroxyl groups is 15. The molecular weight excluding hydrogens is 1270 g/mol. The highest BCUT2D eigenvalue weighted by Crippen LogP contribution is 2.68. The van der Waals surface area contributed by atoms with Gasteiger partial charge >= 0.3 is 10.4 Å². The zero-order valence-corrected chi connectivity index (χ0v) is 55.0. The third kappa shape index (κ3) is 14.8. The van der Waals surface area contributed by atoms with Crippen molar-refractivity contribution in [3.05, 3.63) is 23.8 Å². The number of rotatable bonds is 20. The molecule has 10 rings (SSSR count). The van der Waals surface area contributed by atoms with E-state index in [9.17, 15) is 89.6 Å². The predicted molar refractivity (Wildman–Crippen MR) is 316 cm³/mol. The molecule has 2 unspecified atom stereocenters. The summed E-state index contributed by atoms with van der Waals surface area (Å²) in [5, 5.41) is 168. The molecule has 4 aliphatic carbocycles. The average molecular weight is 1380 g/mol. The van der Waals surface area contributed by atoms with Crippen molar-refractivity contribution in [3.63, 3.8) is 0 Å². The van der Waals surface area contributed by atoms with Crippen LogP contribution < -0.4 is 0 Å². The molecule has 0 amide bonds. The van der Waals surface area contributed by atoms with E-state index < -0.39 is 231 Å². The van der Waals surface area contributed by atoms with E-state index in [1.54, 1.807) is 0 Å². The van der Waals surface area contributed by atoms with Crippen LogP contribution in [-0.4, -0.2) is 299 Å². The summed E-state index contributed by atoms with van der Waals surface area (Å²) >= 11 is 0. The molecule has 37 atom stereocenters. The second-order valence-corrected chi connectivity index (χ2v) is 30.1. The van der Waals surface area contributed by atoms with Gasteiger partial charge in [0, 0.05) is 0 Å². The monoisotopic (exact) mass is 1370 g/mol. The van der Waals surface area contributed by atoms with Gasteiger partial charge in [-0.2, -0.15) is 8.42 Å². The molecule has 0 aromatic rings. The van der Waals surface area contributed by atoms with Crippen molar-refractivity contribution < 1.29 is 151 Å². The lowest BCUT2D eigenvalue weighted by Gasteiger charge is -2.60. The highest BCUT2D eigenvalue weighted by Gasteiger charge is 2.64. The number of hydrogen-bond acceptors (Lipinski definition) is 30. The Balaban J connectivity index is 0.891. The summed E-state index contributed by atoms with van der Waals surface area (Å²) in [5.41, 5.74) is 0.262. The van der Waals surface area contributed by atoms with Crippen LogP contribution in [0.4, 0.5) is 0 Å². The van der Waals surface area contributed by atoms with E-state index in [0.29, 0.717) is 32.1 Å². The summed E-state index contributed by atoms with van der Waals surface area (Å²) in [6.07, 6.45) is -43.3. The topological polar surface area (TPSA) is 478 Å². The Hall–Kier alpha value is -1.73. The van der Waals surface area contributed by atoms with Gasteiger partial charge < -0.3 is 133 Å². The van der Waals surface area contributed by atoms with Crippen molar-refractivity contribution in [2.75, 3.05) is 19.8 Å². The summed E-state index contributed by atoms with van der Waals surface area (Å²) in [5.74, 6) is -0.331. The van der Waals surface area contributed by atoms with Crippen LogP contribution in [0.5, 0.6) is 0 Å². The van der Waals surface area contributed by atoms with E-state index in [1.165, 1.54) is 26.3 Å². The molecule has 0 aromatic carbocycles. The molecule has 542 valence electrons. The SMILES string of the molecule is C=C(CC[C@](C)(O)C1CC[C@H]2C3C[C@H](O[C@@H]4O[C@H](C)[C@@H](O)[C@H](O[C@@H]5OC[C@@H](O[C@@H]6O[C@H](C)[C@H](O)[C@H](O)[C@H]6O[C@@H]6OC[C@H](O)[C@H](O[C@@H]7O[C@H](CO)[C@H](O)[C@H](O)[C@H]7O)[C@H]6O)[C@H](O)[C@H]5O[C@@H]5O[C@H](C)[C@@H](O)[C@H](O)[C@H]5O)[C@H]4O)[C@H]4C[C@@H](OS(=O)(=O)O)CC[C@]4(C)C3=CC[C@]12C)C(C)C. The fourth-order valence-electron chi connectivity index (χ4n) is 16.8. The van der Waals surface area contributed by atoms with E-state index in [-0.39, 0.29) is 41.9 Å². The first-order chi connectivity index (χ1) is 44.0. The molecule has 94 heavy (non-hydrogen) atoms. The Bertz CT molecular complexity index is 2690. The molecule has 32 heteroatoms. The molecule has 31 nitrogen and oxygen atoms in total. The number of ether oxygens (including phenoxy) is 12. The van der Waals surface area contributed by atoms with Gasteiger partial charge in [-0.25, -0.2) is 4.18 Å². The number of fused-ring (bicyclic) bond motifs is 5. The van der Waals surface area contributed by atoms with Crippen molar-refractivity contribution in [1.29, 1.82) is 0 Å². The minimum Gasteiger partial charge on any atom is -0.394 e. The molecule has 10 aliphatic rings. The molecule has 6 heterocycles. The number of hydrogen-bond donors (Lipinski definition) is 16. The Labute approximate surface area is 546 Å². The summed E-state index contributed by atoms with van der Waals surface area (Å²) < 4.78 is 112. The van der Waals surface area contributed by atoms with E-state index in [0.717, 1.165) is 18.4 Å². The van der Waals surface area contributed by atoms with Gasteiger partial charge in [0.05, 0.1) is 55.9 Å². The zero-order chi connectivity index (χ0) is 68.7. The minimum absolute atomic E-state index is 0.0706. The Morgan fingerprint density at radius 1 is 0.606 bits per heavy atom. The standard InChI is InChI=1S/C62H102O31S/c1-23(2)24(3)12-17-62(9,77)37-11-10-30-29-19-34(32-18-28(93-94(78,79)80)13-15-60(32,7)31(29)14-16-61(30,37)8)86-57-49(76)51(40(67)27(6)84-57)90-58-52(92-55-46(73)43(70)38(65)25(4)83-55)42(69)36(22-82-58)88-59-53(45(72)39(66)26(5)85-59)91-54-48(75)50(33(64)21-81-54)89-56-47(74)44(71)41(68)35(20-63)87-56/h14,23,25-30,32-59,63-77H,3,10-13,15-22H2,1-2,4-9H3,(H,78,79,80)/t25-,26-,27-,28+,29?,30+,32-,33+,34+,35-,36-,37?,38-,39+,40-,41+,42+,43+,44+,45+,46-,47-,48-,49-,50+,51+,52-,53-,54+,55+,56+,57+,58+,59+,60-,61+,62+/m1/s1. The molecule has 16 N–H and O–H groups in total. The third-order valence-corrected chi connectivity index (χ3v) is 23.1. The van der Waals surface area contributed by atoms with Gasteiger partial charge in [0.2, 0.25) is 0 Å². The van der Waals surface area contributed by atoms with E-state index in [4.69, 9.17) is 61.0 Å². The molecular formula is C62H102O31S. The Morgan fingerprint density at radius 3 is 1.80 bits per heavy atom. The largest absolute Gasteiger partial charge is 0.397 e. The van der Waals surface area contributed by atoms with Gasteiger partial charge in [0.25, 0.3) is 0 Å². The van der Waals surface area contributed by atoms with Crippen LogP contribution in [0.15, 0.2) is 23.8 Å². The first-order valence-corrected chi connectivity index (χ1v) is 34.4. The highest BCUT2D eigenvalue weighted by atomic mass is 32.3. The smallest absolute Gasteiger partial charge is 0.394 e. The van der Waals surface area contributed by atoms with Crippen LogP contribution in [0.1, 0.15) is 113 Å². The fraction of sp³-hybridized carbons (Fsp3) is 0.935. The normalized spacial score (nSPS) is 51.6. The molecule has 6 saturated heterocycles. The van der Waals surface area contributed by atoms with Crippen LogP contribution in [-0.2, 0) is 71.4 Å². The Morgan fingerprint density at radius 2 is 1.15 bits per heavy atom. The van der Waals surface area contributed by atoms with Gasteiger partial charge in [-0.1, -0.05) is 51.5 Å². The van der Waals surface area contributed by atoms with Gasteiger partial charge in [-0.05, 0) is 126 Å². The summed E-state index contributed by atoms with van der Waals surface area (Å²) in [4.78, 5) is 0. The molecule has 6 aliphatic heterocycles. The van der Waals surface area contributed by atoms with E-state index in [2.05, 4.69) is 40.3 Å². The first kappa shape index (κ1) is 74.9. The number of aliphatic hydroxyl groups excluding tert-OH is 14. The van der Waals surface area contributed by atoms with Crippen LogP contribution in [0, 0.1) is 40.4 Å². The second kappa shape index (κ2) is 29.3. The first-order valence-electron chi connectivity index (χ1n) is 33.0. The van der Waals surface area contributed by atoms with Gasteiger partial charge in [0.1, 0.15) is 116 Å². The maximum absolute atomic E-state index is 12.5. The summed E-state index contributed by atoms with van der Waals surface area (Å²) in [6.45, 7) is 16.8. The van der Waals surface area contributed by atoms with Gasteiger partial charge in [0.15, 0.2) is 37.7 Å². The van der Waals surface area contributed by atoms with Crippen LogP contribution in [0.25, 0.3) is 0 Å². The maximum atomic E-state index is 12.5. The van der Waals surface area contributed by atoms with Crippen molar-refractivity contribution in [3.8, 4) is 0 Å². The number of allylic oxidation sites excluding steroid dienone is 3. The lowest BCUT2D eigenvalue weighted by molar-refractivity contribution is -0.398. The molecule has 0 radical (unpaired) electrons. The second-order valence-electron chi connectivity index (χ2n) is 29.0. The Kier molecular flexibility index (Phi) is 23.4. The lowest BCUT2D eigenvalue weighted by Crippen LogP contribution is -2.67. The molecule has 0 bridgehead atoms. The fourth-order valence-corrected chi connectivity index (χ4v) is 17.3. The molecule has 0 spiro atoms. The highest BCUT2D eigenvalue weighted by molar-refractivity contribution is 7.80. The molecule has 3 saturated carbocycles. The van der Waals surface area contributed by atoms with Crippen molar-refractivity contribution in [1.82, 2.24) is 0 Å². The third-order valence-electron chi connectivity index (χ3n) is 22.6. The van der Waals surface area contributed by atoms with Crippen molar-refractivity contribution >= 4 is 10.4 Å². The van der Waals surface area contributed by atoms with E-state index in [1.807, 2.05) is 6.92 Å². The molecule has 9 fully saturated rings. The molecule has 0 aromatic heterocycles. The van der Waals surface area contributed by atoms with Crippen molar-refractivity contribution in [2.45, 2.75) is 303 Å². The van der Waals surface area contributed by atoms with Crippen LogP contribution in [0.3, 0.4) is 0 Å². The maximum Gasteiger partial charge on any atom is 0.397 e. The van der Waals surface area contributed by atoms with E-state index >= 15 is 0 Å². The minimum atomic E-state index is -4.88. The quantitative estimate of drug-likeness (QED) is 0.0421. The average Bonchev–Trinajstić information content (AvgIpc) is 1.34. The summed E-state index contributed by atoms with van der Waals surface area (Å²) in [7, 11) is -4.88. The van der Waals surface area contributed by atoms with Gasteiger partial charge in [-0.3, -0.25) is 4.55 Å². The van der Waals surface area contributed by atoms with Crippen molar-refractivity contribution in [2.24, 2.45) is 40.4 Å². The predicted octanol–water partition coefficient (Wildman–Crippen LogP) is -3.23. The van der Waals surface area contributed by atoms with Gasteiger partial charge in [-0.15, -0.1) is 0 Å². The van der Waals surface area contributed by atoms with Crippen LogP contribution >= 0.6 is 0 Å². The summed E-state index contributed by atoms with van der Waals surface area (Å²) in [6, 6.07) is 0. The zero-order valence-electron chi connectivity index (χ0n) is 54.2. The lowest BCUT2D eigenvalue weighted by atomic mass is 9.47.